The lowest BCUT2D eigenvalue weighted by atomic mass is 10.2. The summed E-state index contributed by atoms with van der Waals surface area (Å²) < 4.78 is 51.1. The van der Waals surface area contributed by atoms with E-state index >= 15 is 0 Å². The lowest BCUT2D eigenvalue weighted by Crippen LogP contribution is -2.21. The predicted octanol–water partition coefficient (Wildman–Crippen LogP) is 4.14. The third-order valence-electron chi connectivity index (χ3n) is 3.02. The Balaban J connectivity index is 2.07. The van der Waals surface area contributed by atoms with E-state index < -0.39 is 23.6 Å². The third-order valence-corrected chi connectivity index (χ3v) is 3.34. The maximum absolute atomic E-state index is 13.6. The van der Waals surface area contributed by atoms with Gasteiger partial charge in [0.25, 0.3) is 0 Å². The Morgan fingerprint density at radius 2 is 2.05 bits per heavy atom. The fraction of sp³-hybridized carbons (Fsp3) is 0.286. The Hall–Kier alpha value is -1.73. The van der Waals surface area contributed by atoms with E-state index in [1.807, 2.05) is 0 Å². The van der Waals surface area contributed by atoms with Gasteiger partial charge in [-0.2, -0.15) is 13.2 Å². The van der Waals surface area contributed by atoms with E-state index in [1.54, 1.807) is 6.92 Å². The maximum atomic E-state index is 13.6. The molecule has 2 aromatic heterocycles. The van der Waals surface area contributed by atoms with Crippen molar-refractivity contribution in [3.8, 4) is 0 Å². The van der Waals surface area contributed by atoms with Crippen molar-refractivity contribution >= 4 is 11.6 Å². The Morgan fingerprint density at radius 3 is 2.64 bits per heavy atom. The van der Waals surface area contributed by atoms with E-state index in [9.17, 15) is 17.6 Å². The highest BCUT2D eigenvalue weighted by Gasteiger charge is 2.31. The fourth-order valence-electron chi connectivity index (χ4n) is 1.81. The maximum Gasteiger partial charge on any atom is 0.417 e. The van der Waals surface area contributed by atoms with E-state index in [1.165, 1.54) is 18.3 Å². The molecule has 2 heterocycles. The number of aromatic nitrogens is 2. The average Bonchev–Trinajstić information content (AvgIpc) is 2.45. The minimum atomic E-state index is -4.49. The van der Waals surface area contributed by atoms with Crippen molar-refractivity contribution in [2.75, 3.05) is 0 Å². The van der Waals surface area contributed by atoms with Crippen LogP contribution in [0.4, 0.5) is 17.6 Å². The number of hydrogen-bond acceptors (Lipinski definition) is 3. The molecule has 0 aromatic carbocycles. The third kappa shape index (κ3) is 3.92. The minimum absolute atomic E-state index is 0.0914. The van der Waals surface area contributed by atoms with Gasteiger partial charge in [0.2, 0.25) is 0 Å². The zero-order chi connectivity index (χ0) is 16.3. The number of nitrogens with zero attached hydrogens (tertiary/aromatic N) is 2. The van der Waals surface area contributed by atoms with Gasteiger partial charge in [-0.1, -0.05) is 11.6 Å². The predicted molar refractivity (Wildman–Crippen MR) is 73.7 cm³/mol. The smallest absolute Gasteiger partial charge is 0.303 e. The molecule has 1 N–H and O–H groups in total. The van der Waals surface area contributed by atoms with Gasteiger partial charge in [0, 0.05) is 25.0 Å². The summed E-state index contributed by atoms with van der Waals surface area (Å²) >= 11 is 5.80. The van der Waals surface area contributed by atoms with Crippen LogP contribution in [0.2, 0.25) is 5.02 Å². The van der Waals surface area contributed by atoms with Crippen molar-refractivity contribution < 1.29 is 17.6 Å². The fourth-order valence-corrected chi connectivity index (χ4v) is 2.05. The molecule has 0 aliphatic rings. The molecule has 0 radical (unpaired) electrons. The molecule has 118 valence electrons. The zero-order valence-corrected chi connectivity index (χ0v) is 12.2. The molecule has 0 amide bonds. The highest BCUT2D eigenvalue weighted by atomic mass is 35.5. The van der Waals surface area contributed by atoms with Crippen LogP contribution in [-0.2, 0) is 12.7 Å². The molecule has 0 aliphatic carbocycles. The van der Waals surface area contributed by atoms with E-state index in [0.717, 1.165) is 12.3 Å². The number of halogens is 5. The van der Waals surface area contributed by atoms with Crippen LogP contribution in [-0.4, -0.2) is 9.97 Å². The summed E-state index contributed by atoms with van der Waals surface area (Å²) in [6.07, 6.45) is -2.32. The highest BCUT2D eigenvalue weighted by Crippen LogP contribution is 2.31. The molecule has 8 heteroatoms. The van der Waals surface area contributed by atoms with Crippen LogP contribution in [0.1, 0.15) is 29.9 Å². The van der Waals surface area contributed by atoms with Crippen LogP contribution < -0.4 is 5.32 Å². The molecule has 22 heavy (non-hydrogen) atoms. The summed E-state index contributed by atoms with van der Waals surface area (Å²) in [6, 6.07) is 3.13. The number of rotatable bonds is 4. The van der Waals surface area contributed by atoms with Gasteiger partial charge in [0.05, 0.1) is 22.0 Å². The molecule has 0 saturated heterocycles. The van der Waals surface area contributed by atoms with Crippen LogP contribution in [0.25, 0.3) is 0 Å². The zero-order valence-electron chi connectivity index (χ0n) is 11.5. The SMILES string of the molecule is CC(NCc1ncc(C(F)(F)F)cc1Cl)c1ncccc1F. The standard InChI is InChI=1S/C14H12ClF4N3/c1-8(13-11(16)3-2-4-20-13)21-7-12-10(15)5-9(6-22-12)14(17,18)19/h2-6,8,21H,7H2,1H3. The van der Waals surface area contributed by atoms with Gasteiger partial charge in [-0.05, 0) is 25.1 Å². The summed E-state index contributed by atoms with van der Waals surface area (Å²) in [7, 11) is 0. The van der Waals surface area contributed by atoms with Gasteiger partial charge in [-0.25, -0.2) is 4.39 Å². The summed E-state index contributed by atoms with van der Waals surface area (Å²) in [5, 5.41) is 2.82. The second-order valence-corrected chi connectivity index (χ2v) is 5.03. The lowest BCUT2D eigenvalue weighted by Gasteiger charge is -2.15. The Kier molecular flexibility index (Phi) is 4.97. The topological polar surface area (TPSA) is 37.8 Å². The summed E-state index contributed by atoms with van der Waals surface area (Å²) in [5.41, 5.74) is -0.451. The molecular weight excluding hydrogens is 322 g/mol. The van der Waals surface area contributed by atoms with Gasteiger partial charge in [0.15, 0.2) is 0 Å². The van der Waals surface area contributed by atoms with Crippen LogP contribution in [0.5, 0.6) is 0 Å². The van der Waals surface area contributed by atoms with E-state index in [0.29, 0.717) is 0 Å². The molecule has 0 aliphatic heterocycles. The van der Waals surface area contributed by atoms with Crippen molar-refractivity contribution in [1.82, 2.24) is 15.3 Å². The number of hydrogen-bond donors (Lipinski definition) is 1. The molecule has 0 bridgehead atoms. The first-order valence-corrected chi connectivity index (χ1v) is 6.72. The van der Waals surface area contributed by atoms with Crippen LogP contribution >= 0.6 is 11.6 Å². The Bertz CT molecular complexity index is 661. The average molecular weight is 334 g/mol. The monoisotopic (exact) mass is 333 g/mol. The van der Waals surface area contributed by atoms with E-state index in [4.69, 9.17) is 11.6 Å². The normalized spacial score (nSPS) is 13.2. The molecular formula is C14H12ClF4N3. The first-order valence-electron chi connectivity index (χ1n) is 6.34. The van der Waals surface area contributed by atoms with Crippen molar-refractivity contribution in [2.45, 2.75) is 25.7 Å². The quantitative estimate of drug-likeness (QED) is 0.855. The van der Waals surface area contributed by atoms with Crippen LogP contribution in [0.15, 0.2) is 30.6 Å². The van der Waals surface area contributed by atoms with Crippen molar-refractivity contribution in [1.29, 1.82) is 0 Å². The van der Waals surface area contributed by atoms with E-state index in [-0.39, 0.29) is 23.0 Å². The first kappa shape index (κ1) is 16.6. The summed E-state index contributed by atoms with van der Waals surface area (Å²) in [6.45, 7) is 1.78. The Morgan fingerprint density at radius 1 is 1.32 bits per heavy atom. The van der Waals surface area contributed by atoms with Crippen LogP contribution in [0, 0.1) is 5.82 Å². The highest BCUT2D eigenvalue weighted by molar-refractivity contribution is 6.31. The van der Waals surface area contributed by atoms with Gasteiger partial charge in [0.1, 0.15) is 5.82 Å². The van der Waals surface area contributed by atoms with E-state index in [2.05, 4.69) is 15.3 Å². The first-order chi connectivity index (χ1) is 10.3. The second kappa shape index (κ2) is 6.58. The van der Waals surface area contributed by atoms with Gasteiger partial charge < -0.3 is 5.32 Å². The lowest BCUT2D eigenvalue weighted by molar-refractivity contribution is -0.137. The molecule has 1 unspecified atom stereocenters. The largest absolute Gasteiger partial charge is 0.417 e. The number of pyridine rings is 2. The van der Waals surface area contributed by atoms with Crippen molar-refractivity contribution in [3.63, 3.8) is 0 Å². The van der Waals surface area contributed by atoms with Crippen molar-refractivity contribution in [3.05, 3.63) is 58.4 Å². The Labute approximate surface area is 129 Å². The molecule has 3 nitrogen and oxygen atoms in total. The summed E-state index contributed by atoms with van der Waals surface area (Å²) in [4.78, 5) is 7.62. The summed E-state index contributed by atoms with van der Waals surface area (Å²) in [5.74, 6) is -0.464. The minimum Gasteiger partial charge on any atom is -0.303 e. The molecule has 2 rings (SSSR count). The second-order valence-electron chi connectivity index (χ2n) is 4.62. The molecule has 1 atom stereocenters. The number of nitrogens with one attached hydrogen (secondary N) is 1. The molecule has 0 saturated carbocycles. The molecule has 2 aromatic rings. The molecule has 0 spiro atoms. The number of alkyl halides is 3. The van der Waals surface area contributed by atoms with Crippen LogP contribution in [0.3, 0.4) is 0 Å². The van der Waals surface area contributed by atoms with Crippen molar-refractivity contribution in [2.24, 2.45) is 0 Å². The van der Waals surface area contributed by atoms with Gasteiger partial charge >= 0.3 is 6.18 Å². The van der Waals surface area contributed by atoms with Gasteiger partial charge in [-0.15, -0.1) is 0 Å². The van der Waals surface area contributed by atoms with Gasteiger partial charge in [-0.3, -0.25) is 9.97 Å². The molecule has 0 fully saturated rings.